The molecule has 0 amide bonds. The molecule has 2 aliphatic carbocycles. The minimum atomic E-state index is 0.277. The Morgan fingerprint density at radius 1 is 0.737 bits per heavy atom. The van der Waals surface area contributed by atoms with E-state index in [1.807, 2.05) is 18.2 Å². The maximum Gasteiger partial charge on any atom is 0.120 e. The van der Waals surface area contributed by atoms with E-state index in [4.69, 9.17) is 9.47 Å². The molecule has 0 aliphatic heterocycles. The van der Waals surface area contributed by atoms with Gasteiger partial charge in [-0.1, -0.05) is 78.9 Å². The zero-order valence-electron chi connectivity index (χ0n) is 21.7. The Balaban J connectivity index is 1.23. The summed E-state index contributed by atoms with van der Waals surface area (Å²) in [5, 5.41) is 0. The van der Waals surface area contributed by atoms with Gasteiger partial charge in [0.15, 0.2) is 0 Å². The summed E-state index contributed by atoms with van der Waals surface area (Å²) in [6, 6.07) is 36.6. The van der Waals surface area contributed by atoms with Gasteiger partial charge < -0.3 is 14.3 Å². The summed E-state index contributed by atoms with van der Waals surface area (Å²) < 4.78 is 12.2. The number of carbonyl (C=O) groups is 1. The van der Waals surface area contributed by atoms with Gasteiger partial charge in [-0.2, -0.15) is 0 Å². The fraction of sp³-hybridized carbons (Fsp3) is 0.286. The van der Waals surface area contributed by atoms with Gasteiger partial charge in [-0.15, -0.1) is 0 Å². The van der Waals surface area contributed by atoms with Crippen LogP contribution in [0.2, 0.25) is 0 Å². The van der Waals surface area contributed by atoms with Crippen LogP contribution in [0.15, 0.2) is 103 Å². The van der Waals surface area contributed by atoms with Crippen molar-refractivity contribution < 1.29 is 14.3 Å². The van der Waals surface area contributed by atoms with Gasteiger partial charge in [0.05, 0.1) is 6.61 Å². The summed E-state index contributed by atoms with van der Waals surface area (Å²) in [6.45, 7) is 1.27. The van der Waals surface area contributed by atoms with Crippen molar-refractivity contribution >= 4 is 6.29 Å². The average molecular weight is 503 g/mol. The van der Waals surface area contributed by atoms with Crippen molar-refractivity contribution in [2.45, 2.75) is 44.1 Å². The number of fused-ring (bicyclic) bond motifs is 1. The van der Waals surface area contributed by atoms with Crippen molar-refractivity contribution in [3.63, 3.8) is 0 Å². The van der Waals surface area contributed by atoms with Crippen LogP contribution in [0.1, 0.15) is 58.9 Å². The van der Waals surface area contributed by atoms with E-state index in [1.165, 1.54) is 27.8 Å². The Morgan fingerprint density at radius 2 is 1.47 bits per heavy atom. The normalized spacial score (nSPS) is 21.8. The van der Waals surface area contributed by atoms with E-state index in [0.717, 1.165) is 37.0 Å². The minimum absolute atomic E-state index is 0.277. The minimum Gasteiger partial charge on any atom is -0.493 e. The maximum absolute atomic E-state index is 10.7. The van der Waals surface area contributed by atoms with Crippen LogP contribution in [0.5, 0.6) is 11.5 Å². The van der Waals surface area contributed by atoms with Crippen LogP contribution in [0.4, 0.5) is 0 Å². The van der Waals surface area contributed by atoms with E-state index in [9.17, 15) is 4.79 Å². The lowest BCUT2D eigenvalue weighted by atomic mass is 9.69. The van der Waals surface area contributed by atoms with Crippen molar-refractivity contribution in [1.82, 2.24) is 0 Å². The standard InChI is InChI=1S/C35H34O3/c36-20-19-28-21-30(28)24-38-31-14-11-27(12-15-31)35-33(26-9-5-2-6-10-26)17-13-29-22-32(16-18-34(29)35)37-23-25-7-3-1-4-8-25/h1-12,14-16,18,20,22,28,30,33,35H,13,17,19,21,23-24H2/t28-,30+,33-,35+/m1/s1. The Hall–Kier alpha value is -3.85. The monoisotopic (exact) mass is 502 g/mol. The molecule has 4 aromatic rings. The molecule has 3 nitrogen and oxygen atoms in total. The van der Waals surface area contributed by atoms with Gasteiger partial charge in [-0.05, 0) is 89.1 Å². The number of carbonyl (C=O) groups excluding carboxylic acids is 1. The van der Waals surface area contributed by atoms with Gasteiger partial charge in [0.25, 0.3) is 0 Å². The largest absolute Gasteiger partial charge is 0.493 e. The first-order valence-electron chi connectivity index (χ1n) is 13.8. The zero-order chi connectivity index (χ0) is 25.7. The lowest BCUT2D eigenvalue weighted by Gasteiger charge is -2.35. The molecule has 1 fully saturated rings. The van der Waals surface area contributed by atoms with Crippen LogP contribution in [0.25, 0.3) is 0 Å². The first kappa shape index (κ1) is 24.5. The number of aldehydes is 1. The second-order valence-corrected chi connectivity index (χ2v) is 10.7. The Bertz CT molecular complexity index is 1350. The van der Waals surface area contributed by atoms with Crippen molar-refractivity contribution in [1.29, 1.82) is 0 Å². The molecule has 0 bridgehead atoms. The topological polar surface area (TPSA) is 35.5 Å². The summed E-state index contributed by atoms with van der Waals surface area (Å²) in [6.07, 6.45) is 4.93. The third kappa shape index (κ3) is 5.52. The van der Waals surface area contributed by atoms with E-state index in [-0.39, 0.29) is 5.92 Å². The van der Waals surface area contributed by atoms with E-state index in [1.54, 1.807) is 0 Å². The molecular weight excluding hydrogens is 468 g/mol. The molecule has 0 radical (unpaired) electrons. The molecule has 4 aromatic carbocycles. The second kappa shape index (κ2) is 11.3. The highest BCUT2D eigenvalue weighted by molar-refractivity contribution is 5.50. The highest BCUT2D eigenvalue weighted by Crippen LogP contribution is 2.47. The van der Waals surface area contributed by atoms with Crippen LogP contribution in [0.3, 0.4) is 0 Å². The molecule has 6 rings (SSSR count). The highest BCUT2D eigenvalue weighted by Gasteiger charge is 2.37. The molecule has 0 saturated heterocycles. The van der Waals surface area contributed by atoms with Crippen LogP contribution >= 0.6 is 0 Å². The Kier molecular flexibility index (Phi) is 7.26. The third-order valence-electron chi connectivity index (χ3n) is 8.22. The molecule has 0 N–H and O–H groups in total. The number of ether oxygens (including phenoxy) is 2. The van der Waals surface area contributed by atoms with Gasteiger partial charge in [0, 0.05) is 12.3 Å². The summed E-state index contributed by atoms with van der Waals surface area (Å²) in [5.74, 6) is 3.56. The lowest BCUT2D eigenvalue weighted by molar-refractivity contribution is -0.108. The SMILES string of the molecule is O=CC[C@@H]1C[C@H]1COc1ccc([C@@H]2c3ccc(OCc4ccccc4)cc3CC[C@@H]2c2ccccc2)cc1. The first-order chi connectivity index (χ1) is 18.8. The molecule has 4 atom stereocenters. The van der Waals surface area contributed by atoms with Crippen LogP contribution < -0.4 is 9.47 Å². The van der Waals surface area contributed by atoms with Gasteiger partial charge in [0.1, 0.15) is 24.4 Å². The van der Waals surface area contributed by atoms with Gasteiger partial charge >= 0.3 is 0 Å². The first-order valence-corrected chi connectivity index (χ1v) is 13.8. The lowest BCUT2D eigenvalue weighted by Crippen LogP contribution is -2.20. The third-order valence-corrected chi connectivity index (χ3v) is 8.22. The summed E-state index contributed by atoms with van der Waals surface area (Å²) in [5.41, 5.74) is 6.65. The molecule has 0 unspecified atom stereocenters. The van der Waals surface area contributed by atoms with Crippen molar-refractivity contribution in [3.8, 4) is 11.5 Å². The molecule has 2 aliphatic rings. The maximum atomic E-state index is 10.7. The zero-order valence-corrected chi connectivity index (χ0v) is 21.7. The fourth-order valence-corrected chi connectivity index (χ4v) is 6.00. The second-order valence-electron chi connectivity index (χ2n) is 10.7. The van der Waals surface area contributed by atoms with Crippen molar-refractivity contribution in [2.24, 2.45) is 11.8 Å². The Labute approximate surface area is 225 Å². The summed E-state index contributed by atoms with van der Waals surface area (Å²) in [7, 11) is 0. The molecule has 192 valence electrons. The quantitative estimate of drug-likeness (QED) is 0.208. The predicted molar refractivity (Wildman–Crippen MR) is 151 cm³/mol. The molecule has 0 spiro atoms. The highest BCUT2D eigenvalue weighted by atomic mass is 16.5. The van der Waals surface area contributed by atoms with E-state index in [0.29, 0.717) is 37.4 Å². The Morgan fingerprint density at radius 3 is 2.24 bits per heavy atom. The number of benzene rings is 4. The summed E-state index contributed by atoms with van der Waals surface area (Å²) >= 11 is 0. The van der Waals surface area contributed by atoms with Gasteiger partial charge in [-0.25, -0.2) is 0 Å². The molecule has 0 aromatic heterocycles. The fourth-order valence-electron chi connectivity index (χ4n) is 6.00. The molecular formula is C35H34O3. The van der Waals surface area contributed by atoms with E-state index in [2.05, 4.69) is 84.9 Å². The van der Waals surface area contributed by atoms with Crippen LogP contribution in [-0.2, 0) is 17.8 Å². The number of aryl methyl sites for hydroxylation is 1. The van der Waals surface area contributed by atoms with Gasteiger partial charge in [-0.3, -0.25) is 0 Å². The van der Waals surface area contributed by atoms with Crippen molar-refractivity contribution in [3.05, 3.63) is 131 Å². The van der Waals surface area contributed by atoms with E-state index >= 15 is 0 Å². The molecule has 0 heterocycles. The summed E-state index contributed by atoms with van der Waals surface area (Å²) in [4.78, 5) is 10.7. The van der Waals surface area contributed by atoms with E-state index < -0.39 is 0 Å². The average Bonchev–Trinajstić information content (AvgIpc) is 3.73. The number of hydrogen-bond acceptors (Lipinski definition) is 3. The number of hydrogen-bond donors (Lipinski definition) is 0. The van der Waals surface area contributed by atoms with Gasteiger partial charge in [0.2, 0.25) is 0 Å². The van der Waals surface area contributed by atoms with Crippen LogP contribution in [0, 0.1) is 11.8 Å². The number of rotatable bonds is 10. The van der Waals surface area contributed by atoms with Crippen LogP contribution in [-0.4, -0.2) is 12.9 Å². The smallest absolute Gasteiger partial charge is 0.120 e. The predicted octanol–water partition coefficient (Wildman–Crippen LogP) is 7.73. The molecule has 38 heavy (non-hydrogen) atoms. The van der Waals surface area contributed by atoms with Crippen molar-refractivity contribution in [2.75, 3.05) is 6.61 Å². The molecule has 3 heteroatoms. The molecule has 1 saturated carbocycles.